The van der Waals surface area contributed by atoms with Crippen molar-refractivity contribution in [2.24, 2.45) is 0 Å². The summed E-state index contributed by atoms with van der Waals surface area (Å²) in [6.07, 6.45) is 0. The summed E-state index contributed by atoms with van der Waals surface area (Å²) in [5, 5.41) is 0. The zero-order chi connectivity index (χ0) is 2.71. The van der Waals surface area contributed by atoms with Gasteiger partial charge in [-0.05, 0) is 0 Å². The Morgan fingerprint density at radius 3 is 1.25 bits per heavy atom. The Kier molecular flexibility index (Phi) is 21.2. The Morgan fingerprint density at radius 2 is 1.25 bits per heavy atom. The molecule has 0 spiro atoms. The number of rotatable bonds is 0. The van der Waals surface area contributed by atoms with E-state index in [0.29, 0.717) is 0 Å². The van der Waals surface area contributed by atoms with Gasteiger partial charge in [-0.15, -0.1) is 0 Å². The maximum absolute atomic E-state index is 4.93. The van der Waals surface area contributed by atoms with Crippen LogP contribution in [0.5, 0.6) is 0 Å². The molecule has 4 heavy (non-hydrogen) atoms. The summed E-state index contributed by atoms with van der Waals surface area (Å²) in [6.45, 7) is 0. The Morgan fingerprint density at radius 1 is 1.25 bits per heavy atom. The van der Waals surface area contributed by atoms with Crippen LogP contribution in [0.25, 0.3) is 0 Å². The molecule has 0 fully saturated rings. The fourth-order valence-electron chi connectivity index (χ4n) is 0. The fraction of sp³-hybridized carbons (Fsp3) is 0. The van der Waals surface area contributed by atoms with Crippen LogP contribution >= 0.6 is 17.8 Å². The number of halogens is 2. The average Bonchev–Trinajstić information content (AvgIpc) is 0.918. The molecule has 0 atom stereocenters. The normalized spacial score (nSPS) is 4.50. The first kappa shape index (κ1) is 9.49. The van der Waals surface area contributed by atoms with Gasteiger partial charge in [-0.3, -0.25) is 0 Å². The van der Waals surface area contributed by atoms with E-state index in [2.05, 4.69) is 0 Å². The first-order valence-corrected chi connectivity index (χ1v) is 7.61. The zero-order valence-electron chi connectivity index (χ0n) is 1.96. The van der Waals surface area contributed by atoms with Gasteiger partial charge in [0.2, 0.25) is 0 Å². The van der Waals surface area contributed by atoms with E-state index in [9.17, 15) is 0 Å². The topological polar surface area (TPSA) is 0 Å². The minimum atomic E-state index is -0.826. The van der Waals surface area contributed by atoms with E-state index in [1.807, 2.05) is 0 Å². The molecule has 0 aromatic carbocycles. The molecule has 0 aromatic rings. The molecule has 0 aliphatic carbocycles. The van der Waals surface area contributed by atoms with Crippen molar-refractivity contribution in [2.75, 3.05) is 0 Å². The summed E-state index contributed by atoms with van der Waals surface area (Å²) < 4.78 is 0. The molecule has 0 rings (SSSR count). The van der Waals surface area contributed by atoms with Gasteiger partial charge >= 0.3 is 60.6 Å². The molecule has 0 aromatic heterocycles. The van der Waals surface area contributed by atoms with Gasteiger partial charge in [0, 0.05) is 0 Å². The molecule has 0 saturated carbocycles. The van der Waals surface area contributed by atoms with Crippen LogP contribution in [-0.2, 0) is 0 Å². The second kappa shape index (κ2) is 8.95. The standard InChI is InChI=1S/2ClH.2Sn.2H/h2*1H;;;;/q;;;+2;;/p-2. The zero-order valence-corrected chi connectivity index (χ0v) is 10.4. The van der Waals surface area contributed by atoms with Gasteiger partial charge in [0.25, 0.3) is 0 Å². The predicted molar refractivity (Wildman–Crippen MR) is 26.0 cm³/mol. The quantitative estimate of drug-likeness (QED) is 0.556. The molecular formula is H2Cl2Sn2. The molecule has 4 radical (unpaired) electrons. The van der Waals surface area contributed by atoms with Crippen LogP contribution in [0.4, 0.5) is 0 Å². The van der Waals surface area contributed by atoms with Crippen LogP contribution in [0.1, 0.15) is 0 Å². The van der Waals surface area contributed by atoms with Gasteiger partial charge < -0.3 is 0 Å². The van der Waals surface area contributed by atoms with Crippen LogP contribution in [0.3, 0.4) is 0 Å². The van der Waals surface area contributed by atoms with E-state index in [1.54, 1.807) is 0 Å². The van der Waals surface area contributed by atoms with Crippen molar-refractivity contribution in [3.8, 4) is 0 Å². The Hall–Kier alpha value is 2.18. The molecule has 0 bridgehead atoms. The third-order valence-corrected chi connectivity index (χ3v) is 0. The molecule has 24 valence electrons. The number of hydrogen-bond donors (Lipinski definition) is 0. The molecule has 0 saturated heterocycles. The Labute approximate surface area is 59.8 Å². The maximum atomic E-state index is 4.93. The SMILES string of the molecule is [Cl][Sn][Cl].[SnH2]. The van der Waals surface area contributed by atoms with Gasteiger partial charge in [-0.25, -0.2) is 0 Å². The molecule has 0 aliphatic rings. The van der Waals surface area contributed by atoms with Crippen LogP contribution in [-0.4, -0.2) is 42.8 Å². The molecule has 0 aliphatic heterocycles. The van der Waals surface area contributed by atoms with Crippen LogP contribution in [0.15, 0.2) is 0 Å². The monoisotopic (exact) mass is 312 g/mol. The van der Waals surface area contributed by atoms with Crippen molar-refractivity contribution in [3.63, 3.8) is 0 Å². The van der Waals surface area contributed by atoms with Crippen molar-refractivity contribution in [1.29, 1.82) is 0 Å². The minimum absolute atomic E-state index is 0. The Balaban J connectivity index is 0. The van der Waals surface area contributed by atoms with E-state index in [-0.39, 0.29) is 23.9 Å². The van der Waals surface area contributed by atoms with Crippen LogP contribution < -0.4 is 0 Å². The number of hydrogen-bond acceptors (Lipinski definition) is 0. The summed E-state index contributed by atoms with van der Waals surface area (Å²) in [5.74, 6) is 0. The molecule has 4 heteroatoms. The third-order valence-electron chi connectivity index (χ3n) is 0. The second-order valence-electron chi connectivity index (χ2n) is 0.0714. The summed E-state index contributed by atoms with van der Waals surface area (Å²) >= 11 is -0.826. The third kappa shape index (κ3) is 8.90. The van der Waals surface area contributed by atoms with Gasteiger partial charge in [0.05, 0.1) is 0 Å². The molecule has 0 nitrogen and oxygen atoms in total. The first-order chi connectivity index (χ1) is 1.41. The van der Waals surface area contributed by atoms with E-state index >= 15 is 0 Å². The van der Waals surface area contributed by atoms with Crippen molar-refractivity contribution < 1.29 is 0 Å². The summed E-state index contributed by atoms with van der Waals surface area (Å²) in [4.78, 5) is 0. The predicted octanol–water partition coefficient (Wildman–Crippen LogP) is 0.0820. The van der Waals surface area contributed by atoms with Crippen LogP contribution in [0, 0.1) is 0 Å². The summed E-state index contributed by atoms with van der Waals surface area (Å²) in [6, 6.07) is 0. The second-order valence-corrected chi connectivity index (χ2v) is 4.31. The molecular weight excluding hydrogens is 308 g/mol. The van der Waals surface area contributed by atoms with Gasteiger partial charge in [0.1, 0.15) is 0 Å². The van der Waals surface area contributed by atoms with Gasteiger partial charge in [-0.1, -0.05) is 0 Å². The van der Waals surface area contributed by atoms with Gasteiger partial charge in [0.15, 0.2) is 0 Å². The van der Waals surface area contributed by atoms with E-state index < -0.39 is 18.9 Å². The van der Waals surface area contributed by atoms with Gasteiger partial charge in [-0.2, -0.15) is 0 Å². The molecule has 0 amide bonds. The fourth-order valence-corrected chi connectivity index (χ4v) is 0. The van der Waals surface area contributed by atoms with Crippen molar-refractivity contribution in [1.82, 2.24) is 0 Å². The van der Waals surface area contributed by atoms with Crippen LogP contribution in [0.2, 0.25) is 0 Å². The Bertz CT molecular complexity index is 4.00. The van der Waals surface area contributed by atoms with E-state index in [0.717, 1.165) is 0 Å². The van der Waals surface area contributed by atoms with E-state index in [1.165, 1.54) is 0 Å². The van der Waals surface area contributed by atoms with Crippen molar-refractivity contribution in [2.45, 2.75) is 0 Å². The molecule has 0 heterocycles. The molecule has 0 N–H and O–H groups in total. The summed E-state index contributed by atoms with van der Waals surface area (Å²) in [5.41, 5.74) is 0. The van der Waals surface area contributed by atoms with Crippen molar-refractivity contribution >= 4 is 60.6 Å². The van der Waals surface area contributed by atoms with Crippen molar-refractivity contribution in [3.05, 3.63) is 0 Å². The summed E-state index contributed by atoms with van der Waals surface area (Å²) in [7, 11) is 9.87. The first-order valence-electron chi connectivity index (χ1n) is 0.378. The van der Waals surface area contributed by atoms with E-state index in [4.69, 9.17) is 17.8 Å². The average molecular weight is 310 g/mol. The molecule has 0 unspecified atom stereocenters.